The molecule has 0 saturated carbocycles. The van der Waals surface area contributed by atoms with Gasteiger partial charge in [-0.3, -0.25) is 4.79 Å². The maximum absolute atomic E-state index is 11.2. The Morgan fingerprint density at radius 2 is 2.11 bits per heavy atom. The van der Waals surface area contributed by atoms with Gasteiger partial charge in [-0.25, -0.2) is 9.97 Å². The van der Waals surface area contributed by atoms with E-state index in [0.29, 0.717) is 24.8 Å². The Kier molecular flexibility index (Phi) is 5.55. The summed E-state index contributed by atoms with van der Waals surface area (Å²) in [5.74, 6) is 1.32. The molecule has 0 radical (unpaired) electrons. The Labute approximate surface area is 108 Å². The highest BCUT2D eigenvalue weighted by atomic mass is 16.1. The summed E-state index contributed by atoms with van der Waals surface area (Å²) < 4.78 is 0. The largest absolute Gasteiger partial charge is 0.359 e. The van der Waals surface area contributed by atoms with Crippen LogP contribution in [0.5, 0.6) is 0 Å². The van der Waals surface area contributed by atoms with Gasteiger partial charge in [0.1, 0.15) is 0 Å². The molecule has 0 unspecified atom stereocenters. The molecule has 0 fully saturated rings. The fraction of sp³-hybridized carbons (Fsp3) is 0.615. The molecule has 0 aliphatic heterocycles. The molecular weight excluding hydrogens is 228 g/mol. The SMILES string of the molecule is CNC(=O)C[C@@H](C)CNc1nccc(C(C)C)n1. The molecular formula is C13H22N4O. The van der Waals surface area contributed by atoms with Crippen molar-refractivity contribution >= 4 is 11.9 Å². The number of hydrogen-bond acceptors (Lipinski definition) is 4. The van der Waals surface area contributed by atoms with Gasteiger partial charge in [-0.1, -0.05) is 20.8 Å². The van der Waals surface area contributed by atoms with Gasteiger partial charge in [0.25, 0.3) is 0 Å². The number of nitrogens with zero attached hydrogens (tertiary/aromatic N) is 2. The van der Waals surface area contributed by atoms with E-state index < -0.39 is 0 Å². The Balaban J connectivity index is 2.48. The van der Waals surface area contributed by atoms with Crippen LogP contribution in [-0.2, 0) is 4.79 Å². The number of carbonyl (C=O) groups excluding carboxylic acids is 1. The maximum Gasteiger partial charge on any atom is 0.222 e. The average molecular weight is 250 g/mol. The molecule has 1 aromatic heterocycles. The second-order valence-corrected chi connectivity index (χ2v) is 4.82. The molecule has 1 aromatic rings. The second-order valence-electron chi connectivity index (χ2n) is 4.82. The van der Waals surface area contributed by atoms with Gasteiger partial charge in [0.2, 0.25) is 11.9 Å². The first-order valence-electron chi connectivity index (χ1n) is 6.30. The monoisotopic (exact) mass is 250 g/mol. The normalized spacial score (nSPS) is 12.3. The summed E-state index contributed by atoms with van der Waals surface area (Å²) in [4.78, 5) is 19.8. The van der Waals surface area contributed by atoms with Crippen LogP contribution in [0, 0.1) is 5.92 Å². The van der Waals surface area contributed by atoms with Crippen LogP contribution < -0.4 is 10.6 Å². The van der Waals surface area contributed by atoms with Crippen molar-refractivity contribution in [1.82, 2.24) is 15.3 Å². The van der Waals surface area contributed by atoms with Crippen LogP contribution in [0.25, 0.3) is 0 Å². The number of carbonyl (C=O) groups is 1. The minimum absolute atomic E-state index is 0.0566. The molecule has 2 N–H and O–H groups in total. The minimum atomic E-state index is 0.0566. The molecule has 0 saturated heterocycles. The third-order valence-corrected chi connectivity index (χ3v) is 2.69. The van der Waals surface area contributed by atoms with Gasteiger partial charge in [-0.05, 0) is 17.9 Å². The number of anilines is 1. The lowest BCUT2D eigenvalue weighted by molar-refractivity contribution is -0.121. The van der Waals surface area contributed by atoms with Crippen molar-refractivity contribution in [3.05, 3.63) is 18.0 Å². The molecule has 1 amide bonds. The second kappa shape index (κ2) is 6.93. The van der Waals surface area contributed by atoms with E-state index in [0.717, 1.165) is 5.69 Å². The zero-order valence-corrected chi connectivity index (χ0v) is 11.5. The van der Waals surface area contributed by atoms with Crippen LogP contribution in [0.4, 0.5) is 5.95 Å². The summed E-state index contributed by atoms with van der Waals surface area (Å²) in [5, 5.41) is 5.79. The van der Waals surface area contributed by atoms with E-state index >= 15 is 0 Å². The van der Waals surface area contributed by atoms with E-state index in [-0.39, 0.29) is 11.8 Å². The highest BCUT2D eigenvalue weighted by molar-refractivity contribution is 5.75. The summed E-state index contributed by atoms with van der Waals surface area (Å²) in [6, 6.07) is 1.92. The van der Waals surface area contributed by atoms with Gasteiger partial charge >= 0.3 is 0 Å². The molecule has 100 valence electrons. The van der Waals surface area contributed by atoms with Gasteiger partial charge in [0.05, 0.1) is 0 Å². The fourth-order valence-corrected chi connectivity index (χ4v) is 1.54. The van der Waals surface area contributed by atoms with E-state index in [1.165, 1.54) is 0 Å². The van der Waals surface area contributed by atoms with Crippen LogP contribution >= 0.6 is 0 Å². The smallest absolute Gasteiger partial charge is 0.222 e. The zero-order valence-electron chi connectivity index (χ0n) is 11.5. The van der Waals surface area contributed by atoms with Crippen LogP contribution in [0.2, 0.25) is 0 Å². The molecule has 1 atom stereocenters. The molecule has 0 aliphatic rings. The predicted molar refractivity (Wildman–Crippen MR) is 72.5 cm³/mol. The molecule has 0 bridgehead atoms. The molecule has 18 heavy (non-hydrogen) atoms. The zero-order chi connectivity index (χ0) is 13.5. The molecule has 5 heteroatoms. The van der Waals surface area contributed by atoms with Gasteiger partial charge in [-0.15, -0.1) is 0 Å². The van der Waals surface area contributed by atoms with Crippen molar-refractivity contribution in [3.63, 3.8) is 0 Å². The van der Waals surface area contributed by atoms with Crippen molar-refractivity contribution in [2.75, 3.05) is 18.9 Å². The van der Waals surface area contributed by atoms with Gasteiger partial charge in [-0.2, -0.15) is 0 Å². The minimum Gasteiger partial charge on any atom is -0.359 e. The summed E-state index contributed by atoms with van der Waals surface area (Å²) in [6.45, 7) is 6.91. The molecule has 0 aliphatic carbocycles. The van der Waals surface area contributed by atoms with Crippen LogP contribution in [-0.4, -0.2) is 29.5 Å². The molecule has 1 heterocycles. The Hall–Kier alpha value is -1.65. The first-order valence-corrected chi connectivity index (χ1v) is 6.30. The molecule has 1 rings (SSSR count). The van der Waals surface area contributed by atoms with E-state index in [4.69, 9.17) is 0 Å². The number of amides is 1. The van der Waals surface area contributed by atoms with Crippen LogP contribution in [0.1, 0.15) is 38.8 Å². The molecule has 0 spiro atoms. The van der Waals surface area contributed by atoms with Gasteiger partial charge < -0.3 is 10.6 Å². The Bertz CT molecular complexity index is 392. The lowest BCUT2D eigenvalue weighted by Crippen LogP contribution is -2.23. The average Bonchev–Trinajstić information content (AvgIpc) is 2.36. The van der Waals surface area contributed by atoms with E-state index in [1.807, 2.05) is 13.0 Å². The first kappa shape index (κ1) is 14.4. The summed E-state index contributed by atoms with van der Waals surface area (Å²) in [5.41, 5.74) is 1.02. The van der Waals surface area contributed by atoms with E-state index in [9.17, 15) is 4.79 Å². The third kappa shape index (κ3) is 4.69. The van der Waals surface area contributed by atoms with Crippen molar-refractivity contribution in [2.45, 2.75) is 33.1 Å². The van der Waals surface area contributed by atoms with Crippen LogP contribution in [0.3, 0.4) is 0 Å². The van der Waals surface area contributed by atoms with E-state index in [1.54, 1.807) is 13.2 Å². The highest BCUT2D eigenvalue weighted by Crippen LogP contribution is 2.12. The number of rotatable bonds is 6. The summed E-state index contributed by atoms with van der Waals surface area (Å²) in [7, 11) is 1.65. The molecule has 0 aromatic carbocycles. The van der Waals surface area contributed by atoms with Crippen molar-refractivity contribution in [1.29, 1.82) is 0 Å². The van der Waals surface area contributed by atoms with E-state index in [2.05, 4.69) is 34.4 Å². The lowest BCUT2D eigenvalue weighted by Gasteiger charge is -2.12. The topological polar surface area (TPSA) is 66.9 Å². The third-order valence-electron chi connectivity index (χ3n) is 2.69. The number of aromatic nitrogens is 2. The fourth-order valence-electron chi connectivity index (χ4n) is 1.54. The quantitative estimate of drug-likeness (QED) is 0.807. The molecule has 5 nitrogen and oxygen atoms in total. The number of hydrogen-bond donors (Lipinski definition) is 2. The predicted octanol–water partition coefficient (Wildman–Crippen LogP) is 1.78. The van der Waals surface area contributed by atoms with Gasteiger partial charge in [0, 0.05) is 31.9 Å². The summed E-state index contributed by atoms with van der Waals surface area (Å²) >= 11 is 0. The first-order chi connectivity index (χ1) is 8.52. The van der Waals surface area contributed by atoms with Crippen LogP contribution in [0.15, 0.2) is 12.3 Å². The summed E-state index contributed by atoms with van der Waals surface area (Å²) in [6.07, 6.45) is 2.27. The van der Waals surface area contributed by atoms with Crippen molar-refractivity contribution < 1.29 is 4.79 Å². The Morgan fingerprint density at radius 3 is 2.72 bits per heavy atom. The van der Waals surface area contributed by atoms with Crippen molar-refractivity contribution in [2.24, 2.45) is 5.92 Å². The number of nitrogens with one attached hydrogen (secondary N) is 2. The van der Waals surface area contributed by atoms with Gasteiger partial charge in [0.15, 0.2) is 0 Å². The van der Waals surface area contributed by atoms with Crippen molar-refractivity contribution in [3.8, 4) is 0 Å². The standard InChI is InChI=1S/C13H22N4O/c1-9(2)11-5-6-15-13(17-11)16-8-10(3)7-12(18)14-4/h5-6,9-10H,7-8H2,1-4H3,(H,14,18)(H,15,16,17)/t10-/m1/s1. The Morgan fingerprint density at radius 1 is 1.39 bits per heavy atom. The lowest BCUT2D eigenvalue weighted by atomic mass is 10.1. The maximum atomic E-state index is 11.2. The highest BCUT2D eigenvalue weighted by Gasteiger charge is 2.08.